The van der Waals surface area contributed by atoms with Crippen LogP contribution in [0.4, 0.5) is 0 Å². The monoisotopic (exact) mass is 268 g/mol. The molecule has 2 rings (SSSR count). The van der Waals surface area contributed by atoms with E-state index in [0.29, 0.717) is 0 Å². The molecule has 0 saturated carbocycles. The van der Waals surface area contributed by atoms with Crippen LogP contribution in [0.15, 0.2) is 48.5 Å². The minimum atomic E-state index is 0.818. The highest BCUT2D eigenvalue weighted by molar-refractivity contribution is 5.64. The van der Waals surface area contributed by atoms with E-state index < -0.39 is 0 Å². The zero-order valence-electron chi connectivity index (χ0n) is 12.6. The van der Waals surface area contributed by atoms with Crippen LogP contribution >= 0.6 is 0 Å². The van der Waals surface area contributed by atoms with Crippen molar-refractivity contribution in [1.82, 2.24) is 0 Å². The van der Waals surface area contributed by atoms with E-state index in [1.807, 2.05) is 0 Å². The normalized spacial score (nSPS) is 10.5. The Labute approximate surface area is 122 Å². The van der Waals surface area contributed by atoms with E-state index in [2.05, 4.69) is 62.4 Å². The van der Waals surface area contributed by atoms with Crippen LogP contribution in [-0.4, -0.2) is 6.61 Å². The van der Waals surface area contributed by atoms with E-state index in [0.717, 1.165) is 25.2 Å². The minimum Gasteiger partial charge on any atom is -0.494 e. The second-order valence-corrected chi connectivity index (χ2v) is 5.13. The van der Waals surface area contributed by atoms with Crippen LogP contribution in [-0.2, 0) is 6.42 Å². The van der Waals surface area contributed by atoms with E-state index in [-0.39, 0.29) is 0 Å². The van der Waals surface area contributed by atoms with Crippen LogP contribution in [0, 0.1) is 0 Å². The van der Waals surface area contributed by atoms with Gasteiger partial charge in [-0.15, -0.1) is 0 Å². The summed E-state index contributed by atoms with van der Waals surface area (Å²) in [7, 11) is 0. The molecule has 2 aromatic carbocycles. The first-order valence-corrected chi connectivity index (χ1v) is 7.65. The van der Waals surface area contributed by atoms with Crippen LogP contribution in [0.1, 0.15) is 38.7 Å². The van der Waals surface area contributed by atoms with E-state index in [9.17, 15) is 0 Å². The molecule has 0 bridgehead atoms. The number of hydrogen-bond acceptors (Lipinski definition) is 1. The standard InChI is InChI=1S/C19H24O/c1-3-5-6-15-20-19-13-11-18(12-14-19)17-9-7-16(4-2)8-10-17/h7-14H,3-6,15H2,1-2H3. The van der Waals surface area contributed by atoms with Crippen molar-refractivity contribution in [3.63, 3.8) is 0 Å². The van der Waals surface area contributed by atoms with Gasteiger partial charge >= 0.3 is 0 Å². The van der Waals surface area contributed by atoms with E-state index >= 15 is 0 Å². The Morgan fingerprint density at radius 1 is 0.750 bits per heavy atom. The van der Waals surface area contributed by atoms with Gasteiger partial charge in [0.25, 0.3) is 0 Å². The van der Waals surface area contributed by atoms with Gasteiger partial charge in [0.1, 0.15) is 5.75 Å². The maximum atomic E-state index is 5.74. The van der Waals surface area contributed by atoms with Crippen molar-refractivity contribution >= 4 is 0 Å². The number of aryl methyl sites for hydroxylation is 1. The molecule has 1 heteroatoms. The van der Waals surface area contributed by atoms with Crippen LogP contribution in [0.3, 0.4) is 0 Å². The Morgan fingerprint density at radius 2 is 1.35 bits per heavy atom. The number of unbranched alkanes of at least 4 members (excludes halogenated alkanes) is 2. The molecule has 0 aliphatic heterocycles. The smallest absolute Gasteiger partial charge is 0.119 e. The molecule has 0 saturated heterocycles. The van der Waals surface area contributed by atoms with Crippen molar-refractivity contribution < 1.29 is 4.74 Å². The van der Waals surface area contributed by atoms with Gasteiger partial charge in [-0.25, -0.2) is 0 Å². The first-order chi connectivity index (χ1) is 9.83. The topological polar surface area (TPSA) is 9.23 Å². The number of hydrogen-bond donors (Lipinski definition) is 0. The highest BCUT2D eigenvalue weighted by atomic mass is 16.5. The Bertz CT molecular complexity index is 496. The van der Waals surface area contributed by atoms with Gasteiger partial charge in [-0.05, 0) is 41.7 Å². The summed E-state index contributed by atoms with van der Waals surface area (Å²) in [6, 6.07) is 17.2. The fourth-order valence-electron chi connectivity index (χ4n) is 2.22. The van der Waals surface area contributed by atoms with Crippen molar-refractivity contribution in [2.24, 2.45) is 0 Å². The SMILES string of the molecule is CCCCCOc1ccc(-c2ccc(CC)cc2)cc1. The number of ether oxygens (including phenoxy) is 1. The van der Waals surface area contributed by atoms with Crippen LogP contribution in [0.5, 0.6) is 5.75 Å². The number of benzene rings is 2. The lowest BCUT2D eigenvalue weighted by Gasteiger charge is -2.07. The van der Waals surface area contributed by atoms with Gasteiger partial charge in [0.2, 0.25) is 0 Å². The average Bonchev–Trinajstić information content (AvgIpc) is 2.52. The lowest BCUT2D eigenvalue weighted by molar-refractivity contribution is 0.306. The molecule has 0 heterocycles. The summed E-state index contributed by atoms with van der Waals surface area (Å²) in [5.74, 6) is 0.968. The molecule has 0 aliphatic rings. The fraction of sp³-hybridized carbons (Fsp3) is 0.368. The van der Waals surface area contributed by atoms with E-state index in [1.165, 1.54) is 29.5 Å². The summed E-state index contributed by atoms with van der Waals surface area (Å²) in [6.45, 7) is 5.21. The average molecular weight is 268 g/mol. The predicted molar refractivity (Wildman–Crippen MR) is 86.3 cm³/mol. The molecule has 20 heavy (non-hydrogen) atoms. The molecule has 0 aromatic heterocycles. The molecule has 106 valence electrons. The van der Waals surface area contributed by atoms with Gasteiger partial charge in [0.15, 0.2) is 0 Å². The van der Waals surface area contributed by atoms with Gasteiger partial charge in [-0.1, -0.05) is 63.1 Å². The predicted octanol–water partition coefficient (Wildman–Crippen LogP) is 5.49. The molecule has 0 radical (unpaired) electrons. The highest BCUT2D eigenvalue weighted by Crippen LogP contribution is 2.23. The maximum Gasteiger partial charge on any atom is 0.119 e. The van der Waals surface area contributed by atoms with Crippen LogP contribution < -0.4 is 4.74 Å². The largest absolute Gasteiger partial charge is 0.494 e. The third-order valence-electron chi connectivity index (χ3n) is 3.57. The summed E-state index contributed by atoms with van der Waals surface area (Å²) in [5, 5.41) is 0. The summed E-state index contributed by atoms with van der Waals surface area (Å²) >= 11 is 0. The van der Waals surface area contributed by atoms with Gasteiger partial charge < -0.3 is 4.74 Å². The molecule has 1 nitrogen and oxygen atoms in total. The maximum absolute atomic E-state index is 5.74. The lowest BCUT2D eigenvalue weighted by atomic mass is 10.0. The summed E-state index contributed by atoms with van der Waals surface area (Å²) in [4.78, 5) is 0. The zero-order valence-corrected chi connectivity index (χ0v) is 12.6. The summed E-state index contributed by atoms with van der Waals surface area (Å²) < 4.78 is 5.74. The minimum absolute atomic E-state index is 0.818. The Balaban J connectivity index is 1.96. The molecule has 0 atom stereocenters. The molecule has 0 fully saturated rings. The first-order valence-electron chi connectivity index (χ1n) is 7.65. The summed E-state index contributed by atoms with van der Waals surface area (Å²) in [6.07, 6.45) is 4.69. The molecule has 0 N–H and O–H groups in total. The molecular weight excluding hydrogens is 244 g/mol. The molecule has 0 amide bonds. The fourth-order valence-corrected chi connectivity index (χ4v) is 2.22. The Kier molecular flexibility index (Phi) is 5.67. The lowest BCUT2D eigenvalue weighted by Crippen LogP contribution is -1.96. The van der Waals surface area contributed by atoms with Gasteiger partial charge in [-0.3, -0.25) is 0 Å². The molecule has 0 aliphatic carbocycles. The van der Waals surface area contributed by atoms with Crippen LogP contribution in [0.2, 0.25) is 0 Å². The Morgan fingerprint density at radius 3 is 1.90 bits per heavy atom. The van der Waals surface area contributed by atoms with Gasteiger partial charge in [0.05, 0.1) is 6.61 Å². The second kappa shape index (κ2) is 7.74. The van der Waals surface area contributed by atoms with Crippen LogP contribution in [0.25, 0.3) is 11.1 Å². The van der Waals surface area contributed by atoms with E-state index in [4.69, 9.17) is 4.74 Å². The first kappa shape index (κ1) is 14.6. The van der Waals surface area contributed by atoms with Gasteiger partial charge in [0, 0.05) is 0 Å². The second-order valence-electron chi connectivity index (χ2n) is 5.13. The summed E-state index contributed by atoms with van der Waals surface area (Å²) in [5.41, 5.74) is 3.89. The highest BCUT2D eigenvalue weighted by Gasteiger charge is 1.99. The van der Waals surface area contributed by atoms with Crippen molar-refractivity contribution in [3.05, 3.63) is 54.1 Å². The van der Waals surface area contributed by atoms with Crippen molar-refractivity contribution in [2.75, 3.05) is 6.61 Å². The van der Waals surface area contributed by atoms with Gasteiger partial charge in [-0.2, -0.15) is 0 Å². The van der Waals surface area contributed by atoms with Crippen molar-refractivity contribution in [1.29, 1.82) is 0 Å². The number of rotatable bonds is 7. The molecule has 0 unspecified atom stereocenters. The molecule has 2 aromatic rings. The van der Waals surface area contributed by atoms with E-state index in [1.54, 1.807) is 0 Å². The third-order valence-corrected chi connectivity index (χ3v) is 3.57. The molecular formula is C19H24O. The van der Waals surface area contributed by atoms with Crippen molar-refractivity contribution in [2.45, 2.75) is 39.5 Å². The quantitative estimate of drug-likeness (QED) is 0.604. The third kappa shape index (κ3) is 4.12. The Hall–Kier alpha value is -1.76. The van der Waals surface area contributed by atoms with Crippen molar-refractivity contribution in [3.8, 4) is 16.9 Å². The zero-order chi connectivity index (χ0) is 14.2. The molecule has 0 spiro atoms.